The molecule has 0 saturated carbocycles. The Balaban J connectivity index is 1.32. The minimum Gasteiger partial charge on any atom is -0.312 e. The van der Waals surface area contributed by atoms with Crippen LogP contribution in [-0.4, -0.2) is 40.1 Å². The van der Waals surface area contributed by atoms with Crippen LogP contribution in [0.1, 0.15) is 43.0 Å². The largest absolute Gasteiger partial charge is 0.312 e. The van der Waals surface area contributed by atoms with Crippen LogP contribution in [0.4, 0.5) is 5.82 Å². The van der Waals surface area contributed by atoms with E-state index in [1.165, 1.54) is 11.1 Å². The molecule has 2 unspecified atom stereocenters. The van der Waals surface area contributed by atoms with E-state index in [0.717, 1.165) is 11.1 Å². The highest BCUT2D eigenvalue weighted by Gasteiger charge is 2.50. The van der Waals surface area contributed by atoms with Gasteiger partial charge in [0.1, 0.15) is 17.7 Å². The van der Waals surface area contributed by atoms with Gasteiger partial charge in [0.05, 0.1) is 5.41 Å². The van der Waals surface area contributed by atoms with Crippen LogP contribution in [0.3, 0.4) is 0 Å². The number of anilines is 1. The van der Waals surface area contributed by atoms with E-state index in [9.17, 15) is 9.59 Å². The normalized spacial score (nSPS) is 24.3. The van der Waals surface area contributed by atoms with Gasteiger partial charge in [-0.3, -0.25) is 14.6 Å². The van der Waals surface area contributed by atoms with Crippen molar-refractivity contribution in [3.8, 4) is 0 Å². The van der Waals surface area contributed by atoms with Gasteiger partial charge in [-0.05, 0) is 42.5 Å². The molecule has 3 aliphatic rings. The van der Waals surface area contributed by atoms with E-state index in [0.29, 0.717) is 30.9 Å². The van der Waals surface area contributed by atoms with Gasteiger partial charge in [-0.1, -0.05) is 50.3 Å². The van der Waals surface area contributed by atoms with Gasteiger partial charge in [0, 0.05) is 24.2 Å². The maximum atomic E-state index is 12.9. The Morgan fingerprint density at radius 2 is 2.03 bits per heavy atom. The molecule has 1 N–H and O–H groups in total. The molecule has 1 spiro atoms. The van der Waals surface area contributed by atoms with Crippen LogP contribution in [0.2, 0.25) is 0 Å². The lowest BCUT2D eigenvalue weighted by atomic mass is 9.79. The molecule has 3 heterocycles. The molecular formula is C25H26N4O2. The van der Waals surface area contributed by atoms with Crippen LogP contribution in [0.15, 0.2) is 47.6 Å². The van der Waals surface area contributed by atoms with Gasteiger partial charge in [0.15, 0.2) is 0 Å². The molecule has 1 aromatic heterocycles. The Bertz CT molecular complexity index is 1150. The van der Waals surface area contributed by atoms with Crippen LogP contribution in [0.25, 0.3) is 6.08 Å². The number of aliphatic imine (C=N–C) groups is 1. The highest BCUT2D eigenvalue weighted by molar-refractivity contribution is 6.40. The highest BCUT2D eigenvalue weighted by atomic mass is 16.2. The van der Waals surface area contributed by atoms with Crippen molar-refractivity contribution in [2.24, 2.45) is 10.9 Å². The first-order chi connectivity index (χ1) is 14.9. The fraction of sp³-hybridized carbons (Fsp3) is 0.360. The van der Waals surface area contributed by atoms with Gasteiger partial charge < -0.3 is 10.2 Å². The van der Waals surface area contributed by atoms with Crippen LogP contribution in [-0.2, 0) is 27.8 Å². The van der Waals surface area contributed by atoms with Crippen molar-refractivity contribution in [3.05, 3.63) is 64.9 Å². The molecule has 31 heavy (non-hydrogen) atoms. The van der Waals surface area contributed by atoms with Gasteiger partial charge >= 0.3 is 0 Å². The fourth-order valence-corrected chi connectivity index (χ4v) is 4.97. The summed E-state index contributed by atoms with van der Waals surface area (Å²) in [5, 5.41) is 2.95. The van der Waals surface area contributed by atoms with Crippen LogP contribution in [0.5, 0.6) is 0 Å². The summed E-state index contributed by atoms with van der Waals surface area (Å²) in [5.41, 5.74) is 4.59. The second-order valence-electron chi connectivity index (χ2n) is 8.98. The van der Waals surface area contributed by atoms with E-state index >= 15 is 0 Å². The standard InChI is InChI=1S/C25H26N4O2/c1-15(2)21-23(30)29(16(3)27-21)11-5-6-17-8-9-18-13-25(14-19(18)12-17)20-7-4-10-26-22(20)28-24(25)31/h4-10,12,15-16H,11,13-14H2,1-3H3,(H,26,28,31)/b6-5+. The second kappa shape index (κ2) is 7.15. The van der Waals surface area contributed by atoms with Gasteiger partial charge in [-0.25, -0.2) is 4.98 Å². The summed E-state index contributed by atoms with van der Waals surface area (Å²) in [7, 11) is 0. The molecule has 158 valence electrons. The fourth-order valence-electron chi connectivity index (χ4n) is 4.97. The molecule has 6 nitrogen and oxygen atoms in total. The predicted octanol–water partition coefficient (Wildman–Crippen LogP) is 3.37. The topological polar surface area (TPSA) is 74.7 Å². The molecule has 1 aromatic carbocycles. The number of nitrogens with one attached hydrogen (secondary N) is 1. The summed E-state index contributed by atoms with van der Waals surface area (Å²) in [6.45, 7) is 6.48. The minimum absolute atomic E-state index is 0.0302. The Labute approximate surface area is 182 Å². The number of hydrogen-bond donors (Lipinski definition) is 1. The summed E-state index contributed by atoms with van der Waals surface area (Å²) in [4.78, 5) is 36.0. The van der Waals surface area contributed by atoms with Crippen molar-refractivity contribution in [1.82, 2.24) is 9.88 Å². The SMILES string of the molecule is CC(C)C1=NC(C)N(C/C=C/c2ccc3c(c2)CC2(C3)C(=O)Nc3ncccc32)C1=O. The summed E-state index contributed by atoms with van der Waals surface area (Å²) < 4.78 is 0. The number of benzene rings is 1. The Kier molecular flexibility index (Phi) is 4.54. The van der Waals surface area contributed by atoms with Gasteiger partial charge in [-0.2, -0.15) is 0 Å². The molecule has 6 heteroatoms. The average Bonchev–Trinajstić information content (AvgIpc) is 3.35. The third-order valence-corrected chi connectivity index (χ3v) is 6.62. The summed E-state index contributed by atoms with van der Waals surface area (Å²) in [6.07, 6.45) is 7.03. The maximum Gasteiger partial charge on any atom is 0.270 e. The van der Waals surface area contributed by atoms with E-state index in [4.69, 9.17) is 0 Å². The third-order valence-electron chi connectivity index (χ3n) is 6.62. The monoisotopic (exact) mass is 414 g/mol. The first-order valence-corrected chi connectivity index (χ1v) is 10.8. The van der Waals surface area contributed by atoms with Crippen molar-refractivity contribution < 1.29 is 9.59 Å². The van der Waals surface area contributed by atoms with Gasteiger partial charge in [0.2, 0.25) is 5.91 Å². The number of amides is 2. The van der Waals surface area contributed by atoms with Crippen molar-refractivity contribution in [2.75, 3.05) is 11.9 Å². The first-order valence-electron chi connectivity index (χ1n) is 10.8. The molecule has 0 bridgehead atoms. The number of hydrogen-bond acceptors (Lipinski definition) is 4. The number of fused-ring (bicyclic) bond motifs is 3. The smallest absolute Gasteiger partial charge is 0.270 e. The van der Waals surface area contributed by atoms with Crippen LogP contribution < -0.4 is 5.32 Å². The van der Waals surface area contributed by atoms with Crippen molar-refractivity contribution in [3.63, 3.8) is 0 Å². The summed E-state index contributed by atoms with van der Waals surface area (Å²) in [5.74, 6) is 0.897. The number of rotatable bonds is 4. The summed E-state index contributed by atoms with van der Waals surface area (Å²) >= 11 is 0. The van der Waals surface area contributed by atoms with Crippen LogP contribution in [0, 0.1) is 5.92 Å². The number of pyridine rings is 1. The number of carbonyl (C=O) groups is 2. The summed E-state index contributed by atoms with van der Waals surface area (Å²) in [6, 6.07) is 10.3. The zero-order chi connectivity index (χ0) is 21.8. The molecule has 2 atom stereocenters. The van der Waals surface area contributed by atoms with Crippen molar-refractivity contribution >= 4 is 29.4 Å². The van der Waals surface area contributed by atoms with E-state index in [1.54, 1.807) is 11.1 Å². The lowest BCUT2D eigenvalue weighted by molar-refractivity contribution is -0.124. The lowest BCUT2D eigenvalue weighted by Crippen LogP contribution is -2.35. The van der Waals surface area contributed by atoms with Gasteiger partial charge in [-0.15, -0.1) is 0 Å². The lowest BCUT2D eigenvalue weighted by Gasteiger charge is -2.20. The molecule has 2 aliphatic heterocycles. The van der Waals surface area contributed by atoms with E-state index in [1.807, 2.05) is 45.1 Å². The van der Waals surface area contributed by atoms with Gasteiger partial charge in [0.25, 0.3) is 5.91 Å². The molecule has 2 amide bonds. The Morgan fingerprint density at radius 3 is 2.81 bits per heavy atom. The quantitative estimate of drug-likeness (QED) is 0.834. The first kappa shape index (κ1) is 19.7. The zero-order valence-electron chi connectivity index (χ0n) is 18.1. The predicted molar refractivity (Wildman–Crippen MR) is 121 cm³/mol. The third kappa shape index (κ3) is 3.09. The second-order valence-corrected chi connectivity index (χ2v) is 8.98. The van der Waals surface area contributed by atoms with Crippen molar-refractivity contribution in [2.45, 2.75) is 45.2 Å². The maximum absolute atomic E-state index is 12.9. The van der Waals surface area contributed by atoms with E-state index in [2.05, 4.69) is 33.5 Å². The molecule has 0 fully saturated rings. The number of carbonyl (C=O) groups excluding carboxylic acids is 2. The Hall–Kier alpha value is -3.28. The number of aromatic nitrogens is 1. The highest BCUT2D eigenvalue weighted by Crippen LogP contribution is 2.46. The van der Waals surface area contributed by atoms with E-state index in [-0.39, 0.29) is 23.9 Å². The molecule has 5 rings (SSSR count). The zero-order valence-corrected chi connectivity index (χ0v) is 18.1. The minimum atomic E-state index is -0.545. The average molecular weight is 415 g/mol. The molecule has 2 aromatic rings. The molecule has 1 aliphatic carbocycles. The molecule has 0 radical (unpaired) electrons. The molecular weight excluding hydrogens is 388 g/mol. The van der Waals surface area contributed by atoms with E-state index < -0.39 is 5.41 Å². The number of nitrogens with zero attached hydrogens (tertiary/aromatic N) is 3. The molecule has 0 saturated heterocycles. The Morgan fingerprint density at radius 1 is 1.23 bits per heavy atom. The van der Waals surface area contributed by atoms with Crippen molar-refractivity contribution in [1.29, 1.82) is 0 Å². The van der Waals surface area contributed by atoms with Crippen LogP contribution >= 0.6 is 0 Å².